The van der Waals surface area contributed by atoms with Crippen molar-refractivity contribution in [2.75, 3.05) is 0 Å². The third-order valence-corrected chi connectivity index (χ3v) is 1.80. The Bertz CT molecular complexity index is 260. The summed E-state index contributed by atoms with van der Waals surface area (Å²) in [5, 5.41) is 8.31. The van der Waals surface area contributed by atoms with Gasteiger partial charge in [0.2, 0.25) is 0 Å². The fraction of sp³-hybridized carbons (Fsp3) is 0.700. The highest BCUT2D eigenvalue weighted by molar-refractivity contribution is 5.92. The Morgan fingerprint density at radius 3 is 1.94 bits per heavy atom. The number of hydrogen-bond donors (Lipinski definition) is 2. The minimum Gasteiger partial charge on any atom is -0.480 e. The van der Waals surface area contributed by atoms with Crippen LogP contribution in [0.25, 0.3) is 0 Å². The SMILES string of the molecule is CC(C)C[C@H](N)C(=O)O.O=C1CCC(=O)O1. The van der Waals surface area contributed by atoms with Gasteiger partial charge in [0.1, 0.15) is 6.04 Å². The number of carboxylic acid groups (broad SMARTS) is 1. The molecule has 1 heterocycles. The van der Waals surface area contributed by atoms with E-state index >= 15 is 0 Å². The van der Waals surface area contributed by atoms with E-state index in [4.69, 9.17) is 10.8 Å². The van der Waals surface area contributed by atoms with Gasteiger partial charge in [0.25, 0.3) is 0 Å². The molecule has 1 atom stereocenters. The minimum atomic E-state index is -0.913. The van der Waals surface area contributed by atoms with Crippen molar-refractivity contribution < 1.29 is 24.2 Å². The number of esters is 2. The highest BCUT2D eigenvalue weighted by Crippen LogP contribution is 2.04. The van der Waals surface area contributed by atoms with Crippen LogP contribution in [0.1, 0.15) is 33.1 Å². The van der Waals surface area contributed by atoms with Crippen molar-refractivity contribution in [1.29, 1.82) is 0 Å². The summed E-state index contributed by atoms with van der Waals surface area (Å²) in [6, 6.07) is -0.690. The van der Waals surface area contributed by atoms with Crippen LogP contribution in [-0.2, 0) is 19.1 Å². The van der Waals surface area contributed by atoms with Gasteiger partial charge in [-0.15, -0.1) is 0 Å². The lowest BCUT2D eigenvalue weighted by Crippen LogP contribution is -2.31. The summed E-state index contributed by atoms with van der Waals surface area (Å²) in [6.07, 6.45) is 1.08. The van der Waals surface area contributed by atoms with Crippen LogP contribution in [0.2, 0.25) is 0 Å². The summed E-state index contributed by atoms with van der Waals surface area (Å²) in [7, 11) is 0. The Labute approximate surface area is 93.8 Å². The molecule has 0 radical (unpaired) electrons. The van der Waals surface area contributed by atoms with Crippen molar-refractivity contribution in [3.63, 3.8) is 0 Å². The van der Waals surface area contributed by atoms with Crippen molar-refractivity contribution in [2.24, 2.45) is 11.7 Å². The molecule has 0 aromatic heterocycles. The molecule has 1 saturated heterocycles. The minimum absolute atomic E-state index is 0.263. The van der Waals surface area contributed by atoms with Crippen molar-refractivity contribution >= 4 is 17.9 Å². The molecular weight excluding hydrogens is 214 g/mol. The third kappa shape index (κ3) is 6.94. The molecule has 0 unspecified atom stereocenters. The van der Waals surface area contributed by atoms with Gasteiger partial charge in [0.05, 0.1) is 12.8 Å². The van der Waals surface area contributed by atoms with E-state index in [9.17, 15) is 14.4 Å². The standard InChI is InChI=1S/C6H13NO2.C4H4O3/c1-4(2)3-5(7)6(8)9;5-3-1-2-4(6)7-3/h4-5H,3,7H2,1-2H3,(H,8,9);1-2H2/t5-;/m0./s1. The number of cyclic esters (lactones) is 2. The van der Waals surface area contributed by atoms with Crippen molar-refractivity contribution in [3.8, 4) is 0 Å². The zero-order valence-corrected chi connectivity index (χ0v) is 9.43. The predicted octanol–water partition coefficient (Wildman–Crippen LogP) is 0.294. The highest BCUT2D eigenvalue weighted by Gasteiger charge is 2.19. The van der Waals surface area contributed by atoms with E-state index in [1.54, 1.807) is 0 Å². The van der Waals surface area contributed by atoms with E-state index in [2.05, 4.69) is 4.74 Å². The Morgan fingerprint density at radius 1 is 1.38 bits per heavy atom. The average Bonchev–Trinajstić information content (AvgIpc) is 2.49. The Hall–Kier alpha value is -1.43. The van der Waals surface area contributed by atoms with Gasteiger partial charge in [-0.1, -0.05) is 13.8 Å². The summed E-state index contributed by atoms with van der Waals surface area (Å²) >= 11 is 0. The van der Waals surface area contributed by atoms with Gasteiger partial charge in [-0.3, -0.25) is 14.4 Å². The Morgan fingerprint density at radius 2 is 1.81 bits per heavy atom. The molecular formula is C10H17NO5. The molecule has 0 aromatic carbocycles. The molecule has 1 rings (SSSR count). The summed E-state index contributed by atoms with van der Waals surface area (Å²) in [6.45, 7) is 3.89. The molecule has 92 valence electrons. The molecule has 6 nitrogen and oxygen atoms in total. The molecule has 0 bridgehead atoms. The van der Waals surface area contributed by atoms with Crippen LogP contribution in [0.5, 0.6) is 0 Å². The number of carbonyl (C=O) groups excluding carboxylic acids is 2. The number of ether oxygens (including phenoxy) is 1. The first kappa shape index (κ1) is 14.6. The molecule has 0 amide bonds. The van der Waals surface area contributed by atoms with Crippen LogP contribution in [0.15, 0.2) is 0 Å². The second-order valence-corrected chi connectivity index (χ2v) is 3.92. The van der Waals surface area contributed by atoms with Crippen LogP contribution in [0.4, 0.5) is 0 Å². The number of hydrogen-bond acceptors (Lipinski definition) is 5. The molecule has 3 N–H and O–H groups in total. The lowest BCUT2D eigenvalue weighted by Gasteiger charge is -2.07. The van der Waals surface area contributed by atoms with E-state index in [1.807, 2.05) is 13.8 Å². The van der Waals surface area contributed by atoms with Gasteiger partial charge in [0, 0.05) is 0 Å². The van der Waals surface area contributed by atoms with Gasteiger partial charge < -0.3 is 15.6 Å². The van der Waals surface area contributed by atoms with Crippen LogP contribution < -0.4 is 5.73 Å². The molecule has 0 saturated carbocycles. The number of carboxylic acids is 1. The van der Waals surface area contributed by atoms with Gasteiger partial charge in [-0.05, 0) is 12.3 Å². The lowest BCUT2D eigenvalue weighted by molar-refractivity contribution is -0.152. The molecule has 0 aliphatic carbocycles. The lowest BCUT2D eigenvalue weighted by atomic mass is 10.1. The maximum Gasteiger partial charge on any atom is 0.320 e. The normalized spacial score (nSPS) is 16.5. The van der Waals surface area contributed by atoms with Crippen LogP contribution in [-0.4, -0.2) is 29.1 Å². The van der Waals surface area contributed by atoms with Crippen molar-refractivity contribution in [2.45, 2.75) is 39.2 Å². The van der Waals surface area contributed by atoms with E-state index in [0.29, 0.717) is 12.3 Å². The molecule has 6 heteroatoms. The largest absolute Gasteiger partial charge is 0.480 e. The fourth-order valence-corrected chi connectivity index (χ4v) is 1.04. The molecule has 16 heavy (non-hydrogen) atoms. The number of carbonyl (C=O) groups is 3. The maximum absolute atomic E-state index is 10.1. The fourth-order valence-electron chi connectivity index (χ4n) is 1.04. The zero-order chi connectivity index (χ0) is 12.7. The summed E-state index contributed by atoms with van der Waals surface area (Å²) < 4.78 is 4.08. The first-order valence-corrected chi connectivity index (χ1v) is 5.04. The molecule has 1 aliphatic rings. The summed E-state index contributed by atoms with van der Waals surface area (Å²) in [5.41, 5.74) is 5.22. The molecule has 0 aromatic rings. The third-order valence-electron chi connectivity index (χ3n) is 1.80. The second kappa shape index (κ2) is 6.95. The topological polar surface area (TPSA) is 107 Å². The van der Waals surface area contributed by atoms with Crippen LogP contribution in [0.3, 0.4) is 0 Å². The van der Waals surface area contributed by atoms with Gasteiger partial charge >= 0.3 is 17.9 Å². The van der Waals surface area contributed by atoms with E-state index in [1.165, 1.54) is 0 Å². The Balaban J connectivity index is 0.000000288. The smallest absolute Gasteiger partial charge is 0.320 e. The predicted molar refractivity (Wildman–Crippen MR) is 55.4 cm³/mol. The first-order valence-electron chi connectivity index (χ1n) is 5.04. The van der Waals surface area contributed by atoms with Crippen LogP contribution in [0, 0.1) is 5.92 Å². The second-order valence-electron chi connectivity index (χ2n) is 3.92. The molecule has 0 spiro atoms. The quantitative estimate of drug-likeness (QED) is 0.534. The van der Waals surface area contributed by atoms with Crippen molar-refractivity contribution in [3.05, 3.63) is 0 Å². The van der Waals surface area contributed by atoms with E-state index < -0.39 is 23.9 Å². The van der Waals surface area contributed by atoms with Gasteiger partial charge in [0.15, 0.2) is 0 Å². The highest BCUT2D eigenvalue weighted by atomic mass is 16.6. The number of aliphatic carboxylic acids is 1. The van der Waals surface area contributed by atoms with Gasteiger partial charge in [-0.2, -0.15) is 0 Å². The molecule has 1 aliphatic heterocycles. The molecule has 1 fully saturated rings. The first-order chi connectivity index (χ1) is 7.32. The van der Waals surface area contributed by atoms with Crippen molar-refractivity contribution in [1.82, 2.24) is 0 Å². The Kier molecular flexibility index (Phi) is 6.32. The number of rotatable bonds is 3. The average molecular weight is 231 g/mol. The van der Waals surface area contributed by atoms with E-state index in [0.717, 1.165) is 0 Å². The number of nitrogens with two attached hydrogens (primary N) is 1. The van der Waals surface area contributed by atoms with E-state index in [-0.39, 0.29) is 12.8 Å². The van der Waals surface area contributed by atoms with Crippen LogP contribution >= 0.6 is 0 Å². The summed E-state index contributed by atoms with van der Waals surface area (Å²) in [5.74, 6) is -1.35. The summed E-state index contributed by atoms with van der Waals surface area (Å²) in [4.78, 5) is 30.1. The zero-order valence-electron chi connectivity index (χ0n) is 9.43. The van der Waals surface area contributed by atoms with Gasteiger partial charge in [-0.25, -0.2) is 0 Å². The monoisotopic (exact) mass is 231 g/mol. The maximum atomic E-state index is 10.1.